The fraction of sp³-hybridized carbons (Fsp3) is 0.300. The van der Waals surface area contributed by atoms with E-state index in [1.165, 1.54) is 40.2 Å². The summed E-state index contributed by atoms with van der Waals surface area (Å²) in [5.41, 5.74) is -0.139. The Balaban J connectivity index is 1.98. The van der Waals surface area contributed by atoms with Gasteiger partial charge in [0, 0.05) is 12.1 Å². The lowest BCUT2D eigenvalue weighted by atomic mass is 10.2. The first-order valence-corrected chi connectivity index (χ1v) is 8.89. The molecule has 0 heterocycles. The zero-order valence-electron chi connectivity index (χ0n) is 16.9. The van der Waals surface area contributed by atoms with Gasteiger partial charge in [0.1, 0.15) is 17.2 Å². The smallest absolute Gasteiger partial charge is 0.347 e. The summed E-state index contributed by atoms with van der Waals surface area (Å²) in [5, 5.41) is 13.4. The molecule has 0 fully saturated rings. The van der Waals surface area contributed by atoms with Gasteiger partial charge >= 0.3 is 5.97 Å². The number of hydrogen-bond acceptors (Lipinski definition) is 8. The number of hydrogen-bond donors (Lipinski definition) is 1. The second-order valence-corrected chi connectivity index (χ2v) is 6.15. The summed E-state index contributed by atoms with van der Waals surface area (Å²) in [5.74, 6) is -0.139. The van der Waals surface area contributed by atoms with Gasteiger partial charge in [0.25, 0.3) is 11.6 Å². The highest BCUT2D eigenvalue weighted by molar-refractivity contribution is 5.96. The van der Waals surface area contributed by atoms with Gasteiger partial charge in [-0.25, -0.2) is 4.79 Å². The fourth-order valence-corrected chi connectivity index (χ4v) is 2.37. The van der Waals surface area contributed by atoms with Crippen molar-refractivity contribution in [1.29, 1.82) is 0 Å². The average Bonchev–Trinajstić information content (AvgIpc) is 2.73. The van der Waals surface area contributed by atoms with Crippen molar-refractivity contribution >= 4 is 23.3 Å². The molecule has 2 aromatic carbocycles. The van der Waals surface area contributed by atoms with Crippen molar-refractivity contribution in [2.75, 3.05) is 19.5 Å². The van der Waals surface area contributed by atoms with Crippen LogP contribution in [0.2, 0.25) is 0 Å². The minimum absolute atomic E-state index is 0.0853. The maximum absolute atomic E-state index is 12.4. The van der Waals surface area contributed by atoms with Crippen molar-refractivity contribution in [3.63, 3.8) is 0 Å². The zero-order chi connectivity index (χ0) is 22.3. The van der Waals surface area contributed by atoms with Crippen molar-refractivity contribution in [2.45, 2.75) is 26.1 Å². The lowest BCUT2D eigenvalue weighted by molar-refractivity contribution is -0.384. The van der Waals surface area contributed by atoms with E-state index in [1.807, 2.05) is 0 Å². The Morgan fingerprint density at radius 2 is 1.60 bits per heavy atom. The predicted molar refractivity (Wildman–Crippen MR) is 107 cm³/mol. The highest BCUT2D eigenvalue weighted by atomic mass is 16.6. The van der Waals surface area contributed by atoms with E-state index in [-0.39, 0.29) is 17.1 Å². The SMILES string of the molecule is COc1ccc(OC(C)C(=O)OC(C)C(=O)Nc2cc([N+](=O)[O-])ccc2OC)cc1. The molecule has 1 N–H and O–H groups in total. The monoisotopic (exact) mass is 418 g/mol. The molecule has 0 saturated carbocycles. The van der Waals surface area contributed by atoms with E-state index in [0.717, 1.165) is 6.07 Å². The van der Waals surface area contributed by atoms with Crippen molar-refractivity contribution < 1.29 is 33.5 Å². The number of methoxy groups -OCH3 is 2. The first-order valence-electron chi connectivity index (χ1n) is 8.89. The highest BCUT2D eigenvalue weighted by Gasteiger charge is 2.24. The van der Waals surface area contributed by atoms with Gasteiger partial charge in [-0.1, -0.05) is 0 Å². The molecule has 2 atom stereocenters. The van der Waals surface area contributed by atoms with Crippen LogP contribution in [0.3, 0.4) is 0 Å². The Morgan fingerprint density at radius 3 is 2.17 bits per heavy atom. The van der Waals surface area contributed by atoms with Crippen LogP contribution in [0.4, 0.5) is 11.4 Å². The normalized spacial score (nSPS) is 12.3. The highest BCUT2D eigenvalue weighted by Crippen LogP contribution is 2.29. The minimum Gasteiger partial charge on any atom is -0.497 e. The van der Waals surface area contributed by atoms with E-state index >= 15 is 0 Å². The third-order valence-electron chi connectivity index (χ3n) is 4.02. The largest absolute Gasteiger partial charge is 0.497 e. The van der Waals surface area contributed by atoms with Gasteiger partial charge in [-0.15, -0.1) is 0 Å². The molecule has 2 unspecified atom stereocenters. The number of nitro groups is 1. The molecule has 0 aromatic heterocycles. The molecule has 2 rings (SSSR count). The number of nitrogens with zero attached hydrogens (tertiary/aromatic N) is 1. The number of esters is 1. The molecule has 10 nitrogen and oxygen atoms in total. The third kappa shape index (κ3) is 5.84. The second-order valence-electron chi connectivity index (χ2n) is 6.15. The molecule has 0 aliphatic rings. The first kappa shape index (κ1) is 22.5. The fourth-order valence-electron chi connectivity index (χ4n) is 2.37. The molecular weight excluding hydrogens is 396 g/mol. The lowest BCUT2D eigenvalue weighted by Gasteiger charge is -2.18. The van der Waals surface area contributed by atoms with E-state index in [4.69, 9.17) is 18.9 Å². The molecule has 0 aliphatic heterocycles. The number of rotatable bonds is 9. The molecule has 0 saturated heterocycles. The summed E-state index contributed by atoms with van der Waals surface area (Å²) in [4.78, 5) is 35.0. The first-order chi connectivity index (χ1) is 14.2. The van der Waals surface area contributed by atoms with Crippen LogP contribution < -0.4 is 19.5 Å². The molecule has 2 aromatic rings. The Morgan fingerprint density at radius 1 is 0.967 bits per heavy atom. The Labute approximate surface area is 172 Å². The van der Waals surface area contributed by atoms with Gasteiger partial charge < -0.3 is 24.3 Å². The molecule has 1 amide bonds. The number of amides is 1. The van der Waals surface area contributed by atoms with Crippen molar-refractivity contribution in [1.82, 2.24) is 0 Å². The van der Waals surface area contributed by atoms with E-state index in [1.54, 1.807) is 24.3 Å². The molecule has 0 aliphatic carbocycles. The summed E-state index contributed by atoms with van der Waals surface area (Å²) in [7, 11) is 2.89. The van der Waals surface area contributed by atoms with Crippen molar-refractivity contribution in [2.24, 2.45) is 0 Å². The Hall–Kier alpha value is -3.82. The number of non-ortho nitro benzene ring substituents is 1. The van der Waals surface area contributed by atoms with Crippen LogP contribution in [0.15, 0.2) is 42.5 Å². The van der Waals surface area contributed by atoms with Gasteiger partial charge in [0.15, 0.2) is 12.2 Å². The number of benzene rings is 2. The predicted octanol–water partition coefficient (Wildman–Crippen LogP) is 2.95. The van der Waals surface area contributed by atoms with Gasteiger partial charge in [-0.3, -0.25) is 14.9 Å². The van der Waals surface area contributed by atoms with Crippen LogP contribution in [0.5, 0.6) is 17.2 Å². The van der Waals surface area contributed by atoms with E-state index in [9.17, 15) is 19.7 Å². The quantitative estimate of drug-likeness (QED) is 0.374. The Bertz CT molecular complexity index is 914. The van der Waals surface area contributed by atoms with Crippen LogP contribution in [0.25, 0.3) is 0 Å². The van der Waals surface area contributed by atoms with Gasteiger partial charge in [0.05, 0.1) is 24.8 Å². The zero-order valence-corrected chi connectivity index (χ0v) is 16.9. The van der Waals surface area contributed by atoms with Gasteiger partial charge in [0.2, 0.25) is 0 Å². The maximum atomic E-state index is 12.4. The summed E-state index contributed by atoms with van der Waals surface area (Å²) < 4.78 is 20.8. The van der Waals surface area contributed by atoms with Gasteiger partial charge in [-0.05, 0) is 44.2 Å². The van der Waals surface area contributed by atoms with Crippen molar-refractivity contribution in [3.8, 4) is 17.2 Å². The number of carbonyl (C=O) groups is 2. The van der Waals surface area contributed by atoms with Crippen LogP contribution >= 0.6 is 0 Å². The maximum Gasteiger partial charge on any atom is 0.347 e. The van der Waals surface area contributed by atoms with Crippen LogP contribution in [0.1, 0.15) is 13.8 Å². The topological polar surface area (TPSA) is 126 Å². The molecule has 10 heteroatoms. The molecule has 0 spiro atoms. The number of carbonyl (C=O) groups excluding carboxylic acids is 2. The summed E-state index contributed by atoms with van der Waals surface area (Å²) in [6.07, 6.45) is -2.15. The average molecular weight is 418 g/mol. The van der Waals surface area contributed by atoms with Gasteiger partial charge in [-0.2, -0.15) is 0 Å². The van der Waals surface area contributed by atoms with Crippen molar-refractivity contribution in [3.05, 3.63) is 52.6 Å². The van der Waals surface area contributed by atoms with E-state index < -0.39 is 29.0 Å². The summed E-state index contributed by atoms with van der Waals surface area (Å²) in [6.45, 7) is 2.86. The number of nitrogens with one attached hydrogen (secondary N) is 1. The Kier molecular flexibility index (Phi) is 7.56. The number of ether oxygens (including phenoxy) is 4. The van der Waals surface area contributed by atoms with Crippen LogP contribution in [0, 0.1) is 10.1 Å². The van der Waals surface area contributed by atoms with Crippen LogP contribution in [-0.4, -0.2) is 43.2 Å². The third-order valence-corrected chi connectivity index (χ3v) is 4.02. The molecule has 30 heavy (non-hydrogen) atoms. The molecular formula is C20H22N2O8. The number of nitro benzene ring substituents is 1. The molecule has 0 radical (unpaired) electrons. The van der Waals surface area contributed by atoms with E-state index in [0.29, 0.717) is 11.5 Å². The number of anilines is 1. The van der Waals surface area contributed by atoms with E-state index in [2.05, 4.69) is 5.32 Å². The molecule has 160 valence electrons. The summed E-state index contributed by atoms with van der Waals surface area (Å²) >= 11 is 0. The molecule has 0 bridgehead atoms. The summed E-state index contributed by atoms with van der Waals surface area (Å²) in [6, 6.07) is 10.4. The van der Waals surface area contributed by atoms with Crippen LogP contribution in [-0.2, 0) is 14.3 Å². The standard InChI is InChI=1S/C20H22N2O8/c1-12(19(23)21-17-11-14(22(25)26)5-10-18(17)28-4)30-20(24)13(2)29-16-8-6-15(27-3)7-9-16/h5-13H,1-4H3,(H,21,23). The second kappa shape index (κ2) is 10.1. The lowest BCUT2D eigenvalue weighted by Crippen LogP contribution is -2.35. The minimum atomic E-state index is -1.18.